The Morgan fingerprint density at radius 1 is 1.38 bits per heavy atom. The summed E-state index contributed by atoms with van der Waals surface area (Å²) in [6, 6.07) is 7.43. The molecule has 2 rings (SSSR count). The van der Waals surface area contributed by atoms with Gasteiger partial charge in [0.15, 0.2) is 0 Å². The number of carbonyl (C=O) groups is 1. The summed E-state index contributed by atoms with van der Waals surface area (Å²) in [5.74, 6) is -0.217. The molecule has 0 saturated carbocycles. The van der Waals surface area contributed by atoms with Gasteiger partial charge in [0.25, 0.3) is 0 Å². The van der Waals surface area contributed by atoms with Crippen molar-refractivity contribution >= 4 is 17.6 Å². The normalized spacial score (nSPS) is 10.1. The molecule has 0 aliphatic carbocycles. The molecule has 2 aromatic rings. The lowest BCUT2D eigenvalue weighted by Gasteiger charge is -1.96. The highest BCUT2D eigenvalue weighted by Gasteiger charge is 2.06. The summed E-state index contributed by atoms with van der Waals surface area (Å²) in [7, 11) is 0. The molecule has 5 heteroatoms. The number of aromatic nitrogens is 1. The number of benzene rings is 1. The van der Waals surface area contributed by atoms with Gasteiger partial charge in [0.2, 0.25) is 5.91 Å². The van der Waals surface area contributed by atoms with Crippen LogP contribution in [0.3, 0.4) is 0 Å². The lowest BCUT2D eigenvalue weighted by atomic mass is 10.1. The first kappa shape index (κ1) is 10.2. The van der Waals surface area contributed by atoms with Gasteiger partial charge < -0.3 is 10.2 Å². The molecule has 3 N–H and O–H groups in total. The van der Waals surface area contributed by atoms with Crippen molar-refractivity contribution in [2.45, 2.75) is 6.92 Å². The molecule has 1 heterocycles. The Kier molecular flexibility index (Phi) is 2.59. The van der Waals surface area contributed by atoms with Gasteiger partial charge in [-0.05, 0) is 12.1 Å². The number of carbonyl (C=O) groups excluding carboxylic acids is 1. The van der Waals surface area contributed by atoms with Crippen LogP contribution in [0.15, 0.2) is 34.9 Å². The number of nitrogens with zero attached hydrogens (tertiary/aromatic N) is 1. The van der Waals surface area contributed by atoms with E-state index in [0.717, 1.165) is 5.56 Å². The summed E-state index contributed by atoms with van der Waals surface area (Å²) in [5, 5.41) is 2.46. The summed E-state index contributed by atoms with van der Waals surface area (Å²) < 4.78 is 5.09. The van der Waals surface area contributed by atoms with E-state index in [1.165, 1.54) is 13.2 Å². The molecule has 0 aliphatic heterocycles. The van der Waals surface area contributed by atoms with Crippen LogP contribution in [0.5, 0.6) is 0 Å². The number of nitrogens with two attached hydrogens (primary N) is 1. The van der Waals surface area contributed by atoms with E-state index in [4.69, 9.17) is 10.2 Å². The maximum atomic E-state index is 10.8. The van der Waals surface area contributed by atoms with E-state index in [1.807, 2.05) is 12.1 Å². The first-order valence-corrected chi connectivity index (χ1v) is 4.74. The van der Waals surface area contributed by atoms with Gasteiger partial charge in [-0.1, -0.05) is 12.1 Å². The quantitative estimate of drug-likeness (QED) is 0.752. The third-order valence-electron chi connectivity index (χ3n) is 1.99. The number of oxazole rings is 1. The Morgan fingerprint density at radius 3 is 2.69 bits per heavy atom. The molecule has 0 saturated heterocycles. The molecule has 0 atom stereocenters. The Labute approximate surface area is 92.3 Å². The third-order valence-corrected chi connectivity index (χ3v) is 1.99. The SMILES string of the molecule is CC(=O)Nc1nc(-c2ccc(N)cc2)co1. The highest BCUT2D eigenvalue weighted by atomic mass is 16.4. The first-order chi connectivity index (χ1) is 7.65. The Bertz CT molecular complexity index is 502. The maximum Gasteiger partial charge on any atom is 0.301 e. The zero-order valence-electron chi connectivity index (χ0n) is 8.73. The molecule has 0 aliphatic rings. The van der Waals surface area contributed by atoms with Crippen molar-refractivity contribution in [3.05, 3.63) is 30.5 Å². The molecule has 82 valence electrons. The number of nitrogen functional groups attached to an aromatic ring is 1. The number of nitrogens with one attached hydrogen (secondary N) is 1. The number of amides is 1. The van der Waals surface area contributed by atoms with Crippen LogP contribution in [-0.2, 0) is 4.79 Å². The number of rotatable bonds is 2. The van der Waals surface area contributed by atoms with Gasteiger partial charge >= 0.3 is 6.01 Å². The number of hydrogen-bond donors (Lipinski definition) is 2. The zero-order chi connectivity index (χ0) is 11.5. The topological polar surface area (TPSA) is 81.2 Å². The molecule has 0 radical (unpaired) electrons. The van der Waals surface area contributed by atoms with Crippen molar-refractivity contribution in [1.82, 2.24) is 4.98 Å². The van der Waals surface area contributed by atoms with Crippen LogP contribution >= 0.6 is 0 Å². The second kappa shape index (κ2) is 4.06. The van der Waals surface area contributed by atoms with E-state index >= 15 is 0 Å². The van der Waals surface area contributed by atoms with Gasteiger partial charge in [0.1, 0.15) is 12.0 Å². The minimum atomic E-state index is -0.217. The van der Waals surface area contributed by atoms with Gasteiger partial charge in [-0.2, -0.15) is 4.98 Å². The fraction of sp³-hybridized carbons (Fsp3) is 0.0909. The minimum absolute atomic E-state index is 0.194. The van der Waals surface area contributed by atoms with E-state index in [2.05, 4.69) is 10.3 Å². The number of hydrogen-bond acceptors (Lipinski definition) is 4. The van der Waals surface area contributed by atoms with Gasteiger partial charge in [-0.3, -0.25) is 10.1 Å². The van der Waals surface area contributed by atoms with Gasteiger partial charge in [-0.25, -0.2) is 0 Å². The van der Waals surface area contributed by atoms with Crippen molar-refractivity contribution in [1.29, 1.82) is 0 Å². The molecular weight excluding hydrogens is 206 g/mol. The van der Waals surface area contributed by atoms with E-state index in [0.29, 0.717) is 11.4 Å². The fourth-order valence-corrected chi connectivity index (χ4v) is 1.27. The fourth-order valence-electron chi connectivity index (χ4n) is 1.27. The minimum Gasteiger partial charge on any atom is -0.431 e. The predicted molar refractivity (Wildman–Crippen MR) is 60.7 cm³/mol. The van der Waals surface area contributed by atoms with E-state index < -0.39 is 0 Å². The lowest BCUT2D eigenvalue weighted by molar-refractivity contribution is -0.114. The van der Waals surface area contributed by atoms with Crippen molar-refractivity contribution in [2.24, 2.45) is 0 Å². The third kappa shape index (κ3) is 2.20. The Morgan fingerprint density at radius 2 is 2.06 bits per heavy atom. The summed E-state index contributed by atoms with van der Waals surface area (Å²) >= 11 is 0. The average Bonchev–Trinajstić information content (AvgIpc) is 2.66. The van der Waals surface area contributed by atoms with Crippen LogP contribution in [0.25, 0.3) is 11.3 Å². The molecule has 5 nitrogen and oxygen atoms in total. The van der Waals surface area contributed by atoms with Crippen LogP contribution in [0.1, 0.15) is 6.92 Å². The molecule has 1 aromatic carbocycles. The van der Waals surface area contributed by atoms with Crippen LogP contribution in [0, 0.1) is 0 Å². The van der Waals surface area contributed by atoms with Crippen molar-refractivity contribution in [3.63, 3.8) is 0 Å². The molecule has 0 unspecified atom stereocenters. The molecule has 1 aromatic heterocycles. The molecule has 0 bridgehead atoms. The second-order valence-corrected chi connectivity index (χ2v) is 3.34. The van der Waals surface area contributed by atoms with Gasteiger partial charge in [0.05, 0.1) is 0 Å². The van der Waals surface area contributed by atoms with E-state index in [1.54, 1.807) is 12.1 Å². The number of anilines is 2. The van der Waals surface area contributed by atoms with Crippen molar-refractivity contribution < 1.29 is 9.21 Å². The lowest BCUT2D eigenvalue weighted by Crippen LogP contribution is -2.05. The van der Waals surface area contributed by atoms with Crippen molar-refractivity contribution in [3.8, 4) is 11.3 Å². The van der Waals surface area contributed by atoms with Crippen LogP contribution in [0.2, 0.25) is 0 Å². The second-order valence-electron chi connectivity index (χ2n) is 3.34. The van der Waals surface area contributed by atoms with Crippen LogP contribution in [-0.4, -0.2) is 10.9 Å². The molecule has 16 heavy (non-hydrogen) atoms. The zero-order valence-corrected chi connectivity index (χ0v) is 8.73. The van der Waals surface area contributed by atoms with Crippen molar-refractivity contribution in [2.75, 3.05) is 11.1 Å². The molecular formula is C11H11N3O2. The Balaban J connectivity index is 2.24. The van der Waals surface area contributed by atoms with E-state index in [9.17, 15) is 4.79 Å². The molecule has 0 fully saturated rings. The highest BCUT2D eigenvalue weighted by Crippen LogP contribution is 2.21. The molecule has 0 spiro atoms. The smallest absolute Gasteiger partial charge is 0.301 e. The van der Waals surface area contributed by atoms with Gasteiger partial charge in [0, 0.05) is 18.2 Å². The molecule has 1 amide bonds. The monoisotopic (exact) mass is 217 g/mol. The largest absolute Gasteiger partial charge is 0.431 e. The maximum absolute atomic E-state index is 10.8. The summed E-state index contributed by atoms with van der Waals surface area (Å²) in [6.45, 7) is 1.40. The van der Waals surface area contributed by atoms with Gasteiger partial charge in [-0.15, -0.1) is 0 Å². The Hall–Kier alpha value is -2.30. The van der Waals surface area contributed by atoms with Crippen LogP contribution < -0.4 is 11.1 Å². The average molecular weight is 217 g/mol. The summed E-state index contributed by atoms with van der Waals surface area (Å²) in [5.41, 5.74) is 7.80. The standard InChI is InChI=1S/C11H11N3O2/c1-7(15)13-11-14-10(6-16-11)8-2-4-9(12)5-3-8/h2-6H,12H2,1H3,(H,13,14,15). The summed E-state index contributed by atoms with van der Waals surface area (Å²) in [4.78, 5) is 14.9. The first-order valence-electron chi connectivity index (χ1n) is 4.74. The summed E-state index contributed by atoms with van der Waals surface area (Å²) in [6.07, 6.45) is 1.48. The van der Waals surface area contributed by atoms with E-state index in [-0.39, 0.29) is 11.9 Å². The highest BCUT2D eigenvalue weighted by molar-refractivity contribution is 5.86. The predicted octanol–water partition coefficient (Wildman–Crippen LogP) is 1.88. The van der Waals surface area contributed by atoms with Crippen LogP contribution in [0.4, 0.5) is 11.7 Å².